The number of carbonyl (C=O) groups is 1. The molecule has 2 heterocycles. The Labute approximate surface area is 176 Å². The molecule has 0 saturated carbocycles. The molecule has 0 unspecified atom stereocenters. The van der Waals surface area contributed by atoms with Gasteiger partial charge in [0, 0.05) is 0 Å². The van der Waals surface area contributed by atoms with Crippen LogP contribution in [0.1, 0.15) is 39.6 Å². The molecule has 0 radical (unpaired) electrons. The van der Waals surface area contributed by atoms with Gasteiger partial charge in [0.05, 0.1) is 28.8 Å². The summed E-state index contributed by atoms with van der Waals surface area (Å²) in [6.45, 7) is 6.70. The highest BCUT2D eigenvalue weighted by atomic mass is 35.5. The summed E-state index contributed by atoms with van der Waals surface area (Å²) < 4.78 is 20.8. The average Bonchev–Trinajstić information content (AvgIpc) is 2.63. The number of hydrogen-bond acceptors (Lipinski definition) is 7. The third-order valence-electron chi connectivity index (χ3n) is 3.96. The molecule has 1 amide bonds. The molecule has 30 heavy (non-hydrogen) atoms. The fourth-order valence-electron chi connectivity index (χ4n) is 2.74. The molecule has 0 aliphatic rings. The maximum Gasteiger partial charge on any atom is 0.408 e. The molecule has 0 saturated heterocycles. The Balaban J connectivity index is 2.22. The number of carbonyl (C=O) groups excluding carboxylic acids is 1. The zero-order valence-electron chi connectivity index (χ0n) is 16.7. The molecule has 3 aromatic rings. The first kappa shape index (κ1) is 21.4. The first-order chi connectivity index (χ1) is 14.0. The van der Waals surface area contributed by atoms with Crippen molar-refractivity contribution in [2.24, 2.45) is 0 Å². The van der Waals surface area contributed by atoms with Gasteiger partial charge in [0.1, 0.15) is 28.6 Å². The Morgan fingerprint density at radius 3 is 2.60 bits per heavy atom. The number of benzene rings is 1. The number of nitrogens with zero attached hydrogens (tertiary/aromatic N) is 4. The molecular weight excluding hydrogens is 415 g/mol. The molecule has 3 N–H and O–H groups in total. The van der Waals surface area contributed by atoms with Crippen molar-refractivity contribution in [3.63, 3.8) is 0 Å². The predicted octanol–water partition coefficient (Wildman–Crippen LogP) is 3.14. The van der Waals surface area contributed by atoms with Gasteiger partial charge in [0.15, 0.2) is 5.82 Å². The number of aromatic nitrogens is 4. The molecule has 0 aliphatic heterocycles. The van der Waals surface area contributed by atoms with Crippen LogP contribution in [0.3, 0.4) is 0 Å². The number of nitrogen functional groups attached to an aromatic ring is 1. The third kappa shape index (κ3) is 4.33. The van der Waals surface area contributed by atoms with Crippen LogP contribution in [0.5, 0.6) is 0 Å². The van der Waals surface area contributed by atoms with Crippen LogP contribution in [0.25, 0.3) is 16.7 Å². The fourth-order valence-corrected chi connectivity index (χ4v) is 2.98. The standard InChI is InChI=1S/C19H20ClFN6O3/c1-9(25-18(29)30-19(2,3)4)16-26-15-11(21)6-5-10(20)14(15)17(28)27(16)13-8-23-12(22)7-24-13/h5-9H,1-4H3,(H2,22,23)(H,25,29)/t9-/m0/s1. The Kier molecular flexibility index (Phi) is 5.62. The topological polar surface area (TPSA) is 125 Å². The zero-order valence-corrected chi connectivity index (χ0v) is 17.5. The zero-order chi connectivity index (χ0) is 22.2. The lowest BCUT2D eigenvalue weighted by molar-refractivity contribution is 0.0505. The van der Waals surface area contributed by atoms with Gasteiger partial charge >= 0.3 is 6.09 Å². The summed E-state index contributed by atoms with van der Waals surface area (Å²) in [5.41, 5.74) is 3.95. The molecule has 0 spiro atoms. The van der Waals surface area contributed by atoms with Crippen LogP contribution >= 0.6 is 11.6 Å². The summed E-state index contributed by atoms with van der Waals surface area (Å²) in [5.74, 6) is -0.491. The second-order valence-corrected chi connectivity index (χ2v) is 7.94. The summed E-state index contributed by atoms with van der Waals surface area (Å²) >= 11 is 6.14. The van der Waals surface area contributed by atoms with Gasteiger partial charge in [0.25, 0.3) is 5.56 Å². The van der Waals surface area contributed by atoms with Crippen LogP contribution in [0.4, 0.5) is 15.0 Å². The second-order valence-electron chi connectivity index (χ2n) is 7.53. The number of halogens is 2. The van der Waals surface area contributed by atoms with E-state index >= 15 is 0 Å². The minimum absolute atomic E-state index is 0.0126. The summed E-state index contributed by atoms with van der Waals surface area (Å²) in [6.07, 6.45) is 1.79. The van der Waals surface area contributed by atoms with Crippen molar-refractivity contribution in [2.75, 3.05) is 5.73 Å². The van der Waals surface area contributed by atoms with E-state index in [9.17, 15) is 14.0 Å². The lowest BCUT2D eigenvalue weighted by Gasteiger charge is -2.23. The molecule has 0 aliphatic carbocycles. The minimum atomic E-state index is -0.852. The van der Waals surface area contributed by atoms with Crippen molar-refractivity contribution >= 4 is 34.4 Å². The van der Waals surface area contributed by atoms with Crippen molar-refractivity contribution < 1.29 is 13.9 Å². The second kappa shape index (κ2) is 7.86. The lowest BCUT2D eigenvalue weighted by atomic mass is 10.2. The molecule has 9 nitrogen and oxygen atoms in total. The van der Waals surface area contributed by atoms with Gasteiger partial charge in [-0.1, -0.05) is 11.6 Å². The maximum absolute atomic E-state index is 14.4. The molecular formula is C19H20ClFN6O3. The van der Waals surface area contributed by atoms with Crippen molar-refractivity contribution in [1.29, 1.82) is 0 Å². The minimum Gasteiger partial charge on any atom is -0.444 e. The molecule has 3 rings (SSSR count). The van der Waals surface area contributed by atoms with Gasteiger partial charge in [-0.2, -0.15) is 0 Å². The molecule has 11 heteroatoms. The Morgan fingerprint density at radius 1 is 1.30 bits per heavy atom. The lowest BCUT2D eigenvalue weighted by Crippen LogP contribution is -2.37. The van der Waals surface area contributed by atoms with Gasteiger partial charge < -0.3 is 15.8 Å². The smallest absolute Gasteiger partial charge is 0.408 e. The average molecular weight is 435 g/mol. The number of amides is 1. The van der Waals surface area contributed by atoms with Gasteiger partial charge in [-0.25, -0.2) is 28.7 Å². The van der Waals surface area contributed by atoms with Crippen molar-refractivity contribution in [1.82, 2.24) is 24.8 Å². The third-order valence-corrected chi connectivity index (χ3v) is 4.27. The van der Waals surface area contributed by atoms with Crippen LogP contribution < -0.4 is 16.6 Å². The first-order valence-electron chi connectivity index (χ1n) is 8.96. The van der Waals surface area contributed by atoms with Crippen molar-refractivity contribution in [3.8, 4) is 5.82 Å². The number of hydrogen-bond donors (Lipinski definition) is 2. The first-order valence-corrected chi connectivity index (χ1v) is 9.34. The molecule has 0 bridgehead atoms. The van der Waals surface area contributed by atoms with E-state index in [1.807, 2.05) is 0 Å². The predicted molar refractivity (Wildman–Crippen MR) is 110 cm³/mol. The van der Waals surface area contributed by atoms with Crippen LogP contribution in [0.15, 0.2) is 29.3 Å². The van der Waals surface area contributed by atoms with Gasteiger partial charge in [0.2, 0.25) is 0 Å². The number of alkyl carbamates (subject to hydrolysis) is 1. The maximum atomic E-state index is 14.4. The molecule has 2 aromatic heterocycles. The summed E-state index contributed by atoms with van der Waals surface area (Å²) in [5, 5.41) is 2.49. The van der Waals surface area contributed by atoms with Gasteiger partial charge in [-0.05, 0) is 39.8 Å². The highest BCUT2D eigenvalue weighted by Gasteiger charge is 2.25. The number of rotatable bonds is 3. The van der Waals surface area contributed by atoms with Crippen LogP contribution in [-0.2, 0) is 4.74 Å². The summed E-state index contributed by atoms with van der Waals surface area (Å²) in [7, 11) is 0. The van der Waals surface area contributed by atoms with E-state index in [1.165, 1.54) is 18.5 Å². The Hall–Kier alpha value is -3.27. The van der Waals surface area contributed by atoms with E-state index < -0.39 is 29.1 Å². The van der Waals surface area contributed by atoms with Crippen LogP contribution in [-0.4, -0.2) is 31.2 Å². The van der Waals surface area contributed by atoms with Gasteiger partial charge in [-0.3, -0.25) is 4.79 Å². The monoisotopic (exact) mass is 434 g/mol. The number of nitrogens with two attached hydrogens (primary N) is 1. The van der Waals surface area contributed by atoms with Crippen molar-refractivity contribution in [2.45, 2.75) is 39.3 Å². The van der Waals surface area contributed by atoms with E-state index in [0.717, 1.165) is 10.6 Å². The van der Waals surface area contributed by atoms with Crippen molar-refractivity contribution in [3.05, 3.63) is 51.5 Å². The van der Waals surface area contributed by atoms with Crippen LogP contribution in [0.2, 0.25) is 5.02 Å². The SMILES string of the molecule is C[C@H](NC(=O)OC(C)(C)C)c1nc2c(F)ccc(Cl)c2c(=O)n1-c1cnc(N)cn1. The quantitative estimate of drug-likeness (QED) is 0.648. The molecule has 0 fully saturated rings. The number of anilines is 1. The van der Waals surface area contributed by atoms with E-state index in [0.29, 0.717) is 0 Å². The normalized spacial score (nSPS) is 12.6. The summed E-state index contributed by atoms with van der Waals surface area (Å²) in [6, 6.07) is 1.53. The highest BCUT2D eigenvalue weighted by molar-refractivity contribution is 6.35. The fraction of sp³-hybridized carbons (Fsp3) is 0.316. The molecule has 1 atom stereocenters. The Morgan fingerprint density at radius 2 is 2.00 bits per heavy atom. The molecule has 1 aromatic carbocycles. The van der Waals surface area contributed by atoms with E-state index in [4.69, 9.17) is 22.1 Å². The largest absolute Gasteiger partial charge is 0.444 e. The number of fused-ring (bicyclic) bond motifs is 1. The highest BCUT2D eigenvalue weighted by Crippen LogP contribution is 2.24. The Bertz CT molecular complexity index is 1170. The number of nitrogens with one attached hydrogen (secondary N) is 1. The van der Waals surface area contributed by atoms with Gasteiger partial charge in [-0.15, -0.1) is 0 Å². The number of ether oxygens (including phenoxy) is 1. The summed E-state index contributed by atoms with van der Waals surface area (Å²) in [4.78, 5) is 37.8. The van der Waals surface area contributed by atoms with Crippen LogP contribution in [0, 0.1) is 5.82 Å². The van der Waals surface area contributed by atoms with E-state index in [2.05, 4.69) is 20.3 Å². The van der Waals surface area contributed by atoms with E-state index in [-0.39, 0.29) is 33.4 Å². The molecule has 158 valence electrons. The van der Waals surface area contributed by atoms with E-state index in [1.54, 1.807) is 27.7 Å².